The van der Waals surface area contributed by atoms with Gasteiger partial charge < -0.3 is 0 Å². The summed E-state index contributed by atoms with van der Waals surface area (Å²) in [6.45, 7) is 3.81. The van der Waals surface area contributed by atoms with Gasteiger partial charge in [0.2, 0.25) is 0 Å². The fraction of sp³-hybridized carbons (Fsp3) is 0.333. The van der Waals surface area contributed by atoms with Gasteiger partial charge in [-0.3, -0.25) is 0 Å². The van der Waals surface area contributed by atoms with Gasteiger partial charge in [-0.15, -0.1) is 0 Å². The van der Waals surface area contributed by atoms with E-state index in [0.717, 1.165) is 5.56 Å². The van der Waals surface area contributed by atoms with E-state index in [1.165, 1.54) is 5.56 Å². The molecule has 0 aliphatic carbocycles. The largest absolute Gasteiger partial charge is 0.150 e. The Morgan fingerprint density at radius 3 is 2.27 bits per heavy atom. The van der Waals surface area contributed by atoms with Crippen molar-refractivity contribution in [2.24, 2.45) is 5.18 Å². The summed E-state index contributed by atoms with van der Waals surface area (Å²) in [5, 5.41) is 2.94. The highest BCUT2D eigenvalue weighted by molar-refractivity contribution is 5.23. The quantitative estimate of drug-likeness (QED) is 0.594. The molecule has 1 unspecified atom stereocenters. The second-order valence-corrected chi connectivity index (χ2v) is 2.69. The van der Waals surface area contributed by atoms with Crippen LogP contribution in [0.2, 0.25) is 0 Å². The molecule has 1 atom stereocenters. The van der Waals surface area contributed by atoms with Crippen LogP contribution in [0, 0.1) is 11.8 Å². The highest BCUT2D eigenvalue weighted by Gasteiger charge is 2.02. The van der Waals surface area contributed by atoms with Gasteiger partial charge >= 0.3 is 0 Å². The second-order valence-electron chi connectivity index (χ2n) is 2.69. The van der Waals surface area contributed by atoms with E-state index in [1.54, 1.807) is 6.92 Å². The van der Waals surface area contributed by atoms with Crippen LogP contribution in [0.4, 0.5) is 0 Å². The van der Waals surface area contributed by atoms with Crippen molar-refractivity contribution in [3.8, 4) is 0 Å². The average molecular weight is 149 g/mol. The van der Waals surface area contributed by atoms with Crippen LogP contribution in [-0.4, -0.2) is 0 Å². The van der Waals surface area contributed by atoms with Gasteiger partial charge in [0, 0.05) is 0 Å². The van der Waals surface area contributed by atoms with Gasteiger partial charge in [0.1, 0.15) is 6.04 Å². The highest BCUT2D eigenvalue weighted by atomic mass is 16.3. The SMILES string of the molecule is Cc1ccc(C(C)N=O)cc1. The monoisotopic (exact) mass is 149 g/mol. The van der Waals surface area contributed by atoms with Gasteiger partial charge in [0.15, 0.2) is 0 Å². The third kappa shape index (κ3) is 1.87. The zero-order valence-corrected chi connectivity index (χ0v) is 6.74. The van der Waals surface area contributed by atoms with Gasteiger partial charge in [-0.1, -0.05) is 35.0 Å². The van der Waals surface area contributed by atoms with Crippen molar-refractivity contribution in [2.75, 3.05) is 0 Å². The number of hydrogen-bond acceptors (Lipinski definition) is 2. The van der Waals surface area contributed by atoms with Crippen molar-refractivity contribution in [3.63, 3.8) is 0 Å². The first-order valence-electron chi connectivity index (χ1n) is 3.63. The van der Waals surface area contributed by atoms with Crippen LogP contribution in [-0.2, 0) is 0 Å². The fourth-order valence-electron chi connectivity index (χ4n) is 0.906. The Morgan fingerprint density at radius 2 is 1.82 bits per heavy atom. The van der Waals surface area contributed by atoms with E-state index in [1.807, 2.05) is 31.2 Å². The van der Waals surface area contributed by atoms with Gasteiger partial charge in [0.25, 0.3) is 0 Å². The molecule has 0 heterocycles. The standard InChI is InChI=1S/C9H11NO/c1-7-3-5-9(6-4-7)8(2)10-11/h3-6,8H,1-2H3. The molecule has 0 N–H and O–H groups in total. The molecule has 2 nitrogen and oxygen atoms in total. The molecule has 0 saturated heterocycles. The molecule has 0 amide bonds. The van der Waals surface area contributed by atoms with E-state index >= 15 is 0 Å². The lowest BCUT2D eigenvalue weighted by Gasteiger charge is -2.01. The molecule has 0 spiro atoms. The fourth-order valence-corrected chi connectivity index (χ4v) is 0.906. The number of rotatable bonds is 2. The number of nitroso groups, excluding NO2 is 1. The lowest BCUT2D eigenvalue weighted by atomic mass is 10.1. The zero-order valence-electron chi connectivity index (χ0n) is 6.74. The minimum Gasteiger partial charge on any atom is -0.150 e. The molecule has 58 valence electrons. The third-order valence-electron chi connectivity index (χ3n) is 1.72. The predicted octanol–water partition coefficient (Wildman–Crippen LogP) is 2.82. The van der Waals surface area contributed by atoms with Crippen LogP contribution in [0.1, 0.15) is 24.1 Å². The maximum Gasteiger partial charge on any atom is 0.114 e. The molecule has 1 aromatic carbocycles. The van der Waals surface area contributed by atoms with Crippen LogP contribution in [0.15, 0.2) is 29.4 Å². The summed E-state index contributed by atoms with van der Waals surface area (Å²) < 4.78 is 0. The Balaban J connectivity index is 2.89. The smallest absolute Gasteiger partial charge is 0.114 e. The Labute approximate surface area is 66.2 Å². The van der Waals surface area contributed by atoms with Crippen molar-refractivity contribution >= 4 is 0 Å². The van der Waals surface area contributed by atoms with Crippen LogP contribution in [0.25, 0.3) is 0 Å². The van der Waals surface area contributed by atoms with Gasteiger partial charge in [-0.2, -0.15) is 4.91 Å². The molecule has 2 heteroatoms. The average Bonchev–Trinajstić information content (AvgIpc) is 2.05. The molecule has 11 heavy (non-hydrogen) atoms. The van der Waals surface area contributed by atoms with Gasteiger partial charge in [-0.05, 0) is 19.4 Å². The maximum atomic E-state index is 10.1. The first-order chi connectivity index (χ1) is 5.24. The normalized spacial score (nSPS) is 12.5. The van der Waals surface area contributed by atoms with E-state index in [0.29, 0.717) is 0 Å². The number of hydrogen-bond donors (Lipinski definition) is 0. The van der Waals surface area contributed by atoms with Crippen LogP contribution >= 0.6 is 0 Å². The van der Waals surface area contributed by atoms with E-state index in [2.05, 4.69) is 5.18 Å². The summed E-state index contributed by atoms with van der Waals surface area (Å²) in [6, 6.07) is 7.60. The van der Waals surface area contributed by atoms with Gasteiger partial charge in [0.05, 0.1) is 0 Å². The zero-order chi connectivity index (χ0) is 8.27. The van der Waals surface area contributed by atoms with E-state index in [9.17, 15) is 4.91 Å². The molecule has 0 aliphatic rings. The highest BCUT2D eigenvalue weighted by Crippen LogP contribution is 2.15. The molecule has 0 bridgehead atoms. The summed E-state index contributed by atoms with van der Waals surface area (Å²) in [7, 11) is 0. The lowest BCUT2D eigenvalue weighted by Crippen LogP contribution is -1.87. The molecule has 1 aromatic rings. The lowest BCUT2D eigenvalue weighted by molar-refractivity contribution is 0.811. The summed E-state index contributed by atoms with van der Waals surface area (Å²) in [4.78, 5) is 10.1. The van der Waals surface area contributed by atoms with Crippen molar-refractivity contribution in [2.45, 2.75) is 19.9 Å². The molecule has 1 rings (SSSR count). The van der Waals surface area contributed by atoms with E-state index in [4.69, 9.17) is 0 Å². The van der Waals surface area contributed by atoms with Crippen LogP contribution in [0.5, 0.6) is 0 Å². The minimum atomic E-state index is -0.226. The first kappa shape index (κ1) is 7.92. The Bertz CT molecular complexity index is 240. The van der Waals surface area contributed by atoms with Crippen LogP contribution < -0.4 is 0 Å². The molecular weight excluding hydrogens is 138 g/mol. The summed E-state index contributed by atoms with van der Waals surface area (Å²) in [6.07, 6.45) is 0. The van der Waals surface area contributed by atoms with Crippen molar-refractivity contribution in [1.29, 1.82) is 0 Å². The summed E-state index contributed by atoms with van der Waals surface area (Å²) in [5.74, 6) is 0. The Kier molecular flexibility index (Phi) is 2.36. The Hall–Kier alpha value is -1.18. The second kappa shape index (κ2) is 3.28. The van der Waals surface area contributed by atoms with Crippen LogP contribution in [0.3, 0.4) is 0 Å². The predicted molar refractivity (Wildman–Crippen MR) is 45.4 cm³/mol. The third-order valence-corrected chi connectivity index (χ3v) is 1.72. The van der Waals surface area contributed by atoms with E-state index < -0.39 is 0 Å². The molecule has 0 radical (unpaired) electrons. The van der Waals surface area contributed by atoms with Crippen molar-refractivity contribution in [3.05, 3.63) is 40.3 Å². The molecule has 0 aliphatic heterocycles. The topological polar surface area (TPSA) is 29.4 Å². The van der Waals surface area contributed by atoms with Crippen molar-refractivity contribution in [1.82, 2.24) is 0 Å². The van der Waals surface area contributed by atoms with E-state index in [-0.39, 0.29) is 6.04 Å². The summed E-state index contributed by atoms with van der Waals surface area (Å²) in [5.41, 5.74) is 2.18. The van der Waals surface area contributed by atoms with Gasteiger partial charge in [-0.25, -0.2) is 0 Å². The molecular formula is C9H11NO. The number of benzene rings is 1. The Morgan fingerprint density at radius 1 is 1.27 bits per heavy atom. The molecule has 0 fully saturated rings. The molecule has 0 saturated carbocycles. The van der Waals surface area contributed by atoms with Crippen molar-refractivity contribution < 1.29 is 0 Å². The number of nitrogens with zero attached hydrogens (tertiary/aromatic N) is 1. The maximum absolute atomic E-state index is 10.1. The summed E-state index contributed by atoms with van der Waals surface area (Å²) >= 11 is 0. The number of aryl methyl sites for hydroxylation is 1. The first-order valence-corrected chi connectivity index (χ1v) is 3.63. The molecule has 0 aromatic heterocycles. The minimum absolute atomic E-state index is 0.226.